The summed E-state index contributed by atoms with van der Waals surface area (Å²) in [5.41, 5.74) is 9.94. The van der Waals surface area contributed by atoms with Crippen molar-refractivity contribution in [2.24, 2.45) is 7.05 Å². The minimum atomic E-state index is 0.145. The number of aromatic nitrogens is 2. The van der Waals surface area contributed by atoms with Gasteiger partial charge in [-0.25, -0.2) is 0 Å². The van der Waals surface area contributed by atoms with E-state index in [1.165, 1.54) is 56.6 Å². The molecular formula is C31H33N2O+. The maximum Gasteiger partial charge on any atom is 0.234 e. The molecule has 3 nitrogen and oxygen atoms in total. The van der Waals surface area contributed by atoms with E-state index in [4.69, 9.17) is 4.42 Å². The summed E-state index contributed by atoms with van der Waals surface area (Å²) in [6.45, 7) is 13.9. The molecule has 0 bridgehead atoms. The van der Waals surface area contributed by atoms with Crippen molar-refractivity contribution >= 4 is 32.7 Å². The van der Waals surface area contributed by atoms with Crippen LogP contribution in [0.15, 0.2) is 53.3 Å². The maximum absolute atomic E-state index is 6.71. The van der Waals surface area contributed by atoms with Gasteiger partial charge in [-0.1, -0.05) is 39.8 Å². The first-order valence-electron chi connectivity index (χ1n) is 12.3. The third-order valence-corrected chi connectivity index (χ3v) is 8.41. The molecule has 172 valence electrons. The lowest BCUT2D eigenvalue weighted by molar-refractivity contribution is -0.660. The number of hydrogen-bond acceptors (Lipinski definition) is 2. The highest BCUT2D eigenvalue weighted by molar-refractivity contribution is 6.14. The average molecular weight is 450 g/mol. The number of hydrogen-bond donors (Lipinski definition) is 0. The molecule has 3 aromatic carbocycles. The van der Waals surface area contributed by atoms with Crippen LogP contribution < -0.4 is 4.57 Å². The Morgan fingerprint density at radius 1 is 0.912 bits per heavy atom. The first-order chi connectivity index (χ1) is 16.1. The largest absolute Gasteiger partial charge is 0.455 e. The standard InChI is InChI=1S/C31H33N2O/c1-18-14-23-22-15-20-8-9-24-28(31(5,6)11-10-30(24,3)4)21(20)16-26(22)34-29(23)27(19(18)2)25-17-32-12-13-33(25)7/h8-9,12-17H,10-11H2,1-7H3/q+1. The van der Waals surface area contributed by atoms with Crippen LogP contribution >= 0.6 is 0 Å². The molecule has 34 heavy (non-hydrogen) atoms. The van der Waals surface area contributed by atoms with Gasteiger partial charge in [0.2, 0.25) is 5.69 Å². The molecule has 0 saturated heterocycles. The molecule has 0 amide bonds. The summed E-state index contributed by atoms with van der Waals surface area (Å²) in [6.07, 6.45) is 8.17. The Balaban J connectivity index is 1.74. The second-order valence-corrected chi connectivity index (χ2v) is 11.6. The summed E-state index contributed by atoms with van der Waals surface area (Å²) in [5.74, 6) is 0. The van der Waals surface area contributed by atoms with Crippen LogP contribution in [0.25, 0.3) is 44.0 Å². The van der Waals surface area contributed by atoms with Crippen LogP contribution in [0.3, 0.4) is 0 Å². The molecule has 2 aromatic heterocycles. The highest BCUT2D eigenvalue weighted by Crippen LogP contribution is 2.49. The van der Waals surface area contributed by atoms with E-state index in [0.29, 0.717) is 0 Å². The summed E-state index contributed by atoms with van der Waals surface area (Å²) in [6, 6.07) is 11.6. The lowest BCUT2D eigenvalue weighted by Crippen LogP contribution is -2.34. The predicted octanol–water partition coefficient (Wildman–Crippen LogP) is 7.59. The first-order valence-corrected chi connectivity index (χ1v) is 12.3. The van der Waals surface area contributed by atoms with Gasteiger partial charge in [0.25, 0.3) is 0 Å². The van der Waals surface area contributed by atoms with E-state index >= 15 is 0 Å². The fourth-order valence-electron chi connectivity index (χ4n) is 6.11. The number of aryl methyl sites for hydroxylation is 2. The first kappa shape index (κ1) is 21.3. The van der Waals surface area contributed by atoms with Crippen LogP contribution in [0, 0.1) is 13.8 Å². The molecule has 3 heteroatoms. The summed E-state index contributed by atoms with van der Waals surface area (Å²) in [5, 5.41) is 5.00. The summed E-state index contributed by atoms with van der Waals surface area (Å²) in [4.78, 5) is 4.41. The fourth-order valence-corrected chi connectivity index (χ4v) is 6.11. The molecule has 1 aliphatic rings. The highest BCUT2D eigenvalue weighted by atomic mass is 16.3. The van der Waals surface area contributed by atoms with Gasteiger partial charge in [0, 0.05) is 10.8 Å². The van der Waals surface area contributed by atoms with Crippen LogP contribution in [0.1, 0.15) is 62.8 Å². The molecule has 0 fully saturated rings. The minimum absolute atomic E-state index is 0.145. The Bertz CT molecular complexity index is 1640. The van der Waals surface area contributed by atoms with Gasteiger partial charge in [-0.2, -0.15) is 4.57 Å². The van der Waals surface area contributed by atoms with Crippen LogP contribution in [0.4, 0.5) is 0 Å². The van der Waals surface area contributed by atoms with Gasteiger partial charge in [0.05, 0.1) is 18.0 Å². The van der Waals surface area contributed by atoms with Crippen molar-refractivity contribution in [3.63, 3.8) is 0 Å². The lowest BCUT2D eigenvalue weighted by Gasteiger charge is -2.42. The molecule has 6 rings (SSSR count). The van der Waals surface area contributed by atoms with Crippen LogP contribution in [0.5, 0.6) is 0 Å². The summed E-state index contributed by atoms with van der Waals surface area (Å²) >= 11 is 0. The lowest BCUT2D eigenvalue weighted by atomic mass is 9.62. The van der Waals surface area contributed by atoms with E-state index in [0.717, 1.165) is 22.4 Å². The van der Waals surface area contributed by atoms with Gasteiger partial charge in [-0.3, -0.25) is 4.98 Å². The zero-order chi connectivity index (χ0) is 24.0. The quantitative estimate of drug-likeness (QED) is 0.247. The van der Waals surface area contributed by atoms with Crippen LogP contribution in [-0.2, 0) is 17.9 Å². The summed E-state index contributed by atoms with van der Waals surface area (Å²) < 4.78 is 8.83. The van der Waals surface area contributed by atoms with Gasteiger partial charge in [0.15, 0.2) is 6.20 Å². The van der Waals surface area contributed by atoms with Crippen LogP contribution in [-0.4, -0.2) is 4.98 Å². The normalized spacial score (nSPS) is 16.9. The molecule has 0 spiro atoms. The van der Waals surface area contributed by atoms with E-state index in [1.807, 2.05) is 18.6 Å². The molecule has 0 atom stereocenters. The van der Waals surface area contributed by atoms with E-state index < -0.39 is 0 Å². The molecule has 5 aromatic rings. The summed E-state index contributed by atoms with van der Waals surface area (Å²) in [7, 11) is 2.07. The second kappa shape index (κ2) is 6.91. The number of benzene rings is 3. The molecule has 1 aliphatic carbocycles. The monoisotopic (exact) mass is 449 g/mol. The van der Waals surface area contributed by atoms with Crippen molar-refractivity contribution < 1.29 is 8.98 Å². The van der Waals surface area contributed by atoms with E-state index in [2.05, 4.69) is 88.5 Å². The Labute approximate surface area is 201 Å². The zero-order valence-corrected chi connectivity index (χ0v) is 21.3. The fraction of sp³-hybridized carbons (Fsp3) is 0.355. The van der Waals surface area contributed by atoms with Gasteiger partial charge in [-0.05, 0) is 88.7 Å². The maximum atomic E-state index is 6.71. The molecule has 0 aliphatic heterocycles. The van der Waals surface area contributed by atoms with Gasteiger partial charge < -0.3 is 4.42 Å². The second-order valence-electron chi connectivity index (χ2n) is 11.6. The average Bonchev–Trinajstić information content (AvgIpc) is 3.13. The Kier molecular flexibility index (Phi) is 4.34. The number of nitrogens with zero attached hydrogens (tertiary/aromatic N) is 2. The van der Waals surface area contributed by atoms with E-state index in [9.17, 15) is 0 Å². The van der Waals surface area contributed by atoms with E-state index in [-0.39, 0.29) is 10.8 Å². The van der Waals surface area contributed by atoms with Crippen molar-refractivity contribution in [1.82, 2.24) is 4.98 Å². The number of furan rings is 1. The highest BCUT2D eigenvalue weighted by Gasteiger charge is 2.38. The van der Waals surface area contributed by atoms with Gasteiger partial charge in [-0.15, -0.1) is 0 Å². The third kappa shape index (κ3) is 2.89. The predicted molar refractivity (Wildman–Crippen MR) is 140 cm³/mol. The van der Waals surface area contributed by atoms with Crippen molar-refractivity contribution in [2.75, 3.05) is 0 Å². The Hall–Kier alpha value is -3.20. The van der Waals surface area contributed by atoms with Crippen LogP contribution in [0.2, 0.25) is 0 Å². The Morgan fingerprint density at radius 3 is 2.44 bits per heavy atom. The van der Waals surface area contributed by atoms with Crippen molar-refractivity contribution in [1.29, 1.82) is 0 Å². The third-order valence-electron chi connectivity index (χ3n) is 8.41. The van der Waals surface area contributed by atoms with Crippen molar-refractivity contribution in [2.45, 2.75) is 65.2 Å². The smallest absolute Gasteiger partial charge is 0.234 e. The van der Waals surface area contributed by atoms with Gasteiger partial charge >= 0.3 is 0 Å². The minimum Gasteiger partial charge on any atom is -0.455 e. The SMILES string of the molecule is Cc1cc2c(oc3cc4c5c(ccc4cc32)C(C)(C)CCC5(C)C)c(-c2cncc[n+]2C)c1C. The molecule has 2 heterocycles. The van der Waals surface area contributed by atoms with Crippen molar-refractivity contribution in [3.8, 4) is 11.3 Å². The molecule has 0 unspecified atom stereocenters. The molecular weight excluding hydrogens is 416 g/mol. The topological polar surface area (TPSA) is 29.9 Å². The van der Waals surface area contributed by atoms with Crippen molar-refractivity contribution in [3.05, 3.63) is 71.2 Å². The zero-order valence-electron chi connectivity index (χ0n) is 21.3. The van der Waals surface area contributed by atoms with Gasteiger partial charge in [0.1, 0.15) is 18.2 Å². The molecule has 0 saturated carbocycles. The number of rotatable bonds is 1. The Morgan fingerprint density at radius 2 is 1.68 bits per heavy atom. The molecule has 0 N–H and O–H groups in total. The molecule has 0 radical (unpaired) electrons. The van der Waals surface area contributed by atoms with E-state index in [1.54, 1.807) is 0 Å². The number of fused-ring (bicyclic) bond motifs is 6.